The van der Waals surface area contributed by atoms with Crippen LogP contribution in [0.1, 0.15) is 27.9 Å². The molecule has 0 N–H and O–H groups in total. The van der Waals surface area contributed by atoms with Crippen molar-refractivity contribution in [1.82, 2.24) is 0 Å². The lowest BCUT2D eigenvalue weighted by atomic mass is 9.99. The molecule has 0 bridgehead atoms. The molecule has 0 aromatic heterocycles. The Morgan fingerprint density at radius 3 is 2.40 bits per heavy atom. The van der Waals surface area contributed by atoms with Crippen LogP contribution in [0.5, 0.6) is 5.75 Å². The number of ketones is 1. The van der Waals surface area contributed by atoms with Crippen LogP contribution in [0, 0.1) is 13.8 Å². The normalized spacial score (nSPS) is 11.5. The van der Waals surface area contributed by atoms with Crippen LogP contribution >= 0.6 is 0 Å². The molecule has 0 unspecified atom stereocenters. The van der Waals surface area contributed by atoms with E-state index >= 15 is 0 Å². The average Bonchev–Trinajstić information content (AvgIpc) is 2.35. The van der Waals surface area contributed by atoms with Gasteiger partial charge >= 0.3 is 6.18 Å². The van der Waals surface area contributed by atoms with Crippen molar-refractivity contribution in [3.05, 3.63) is 28.8 Å². The summed E-state index contributed by atoms with van der Waals surface area (Å²) in [6, 6.07) is 3.42. The Hall–Kier alpha value is -1.56. The lowest BCUT2D eigenvalue weighted by molar-refractivity contribution is -0.173. The van der Waals surface area contributed by atoms with Crippen LogP contribution in [0.2, 0.25) is 0 Å². The van der Waals surface area contributed by atoms with E-state index in [0.717, 1.165) is 11.1 Å². The quantitative estimate of drug-likeness (QED) is 0.594. The van der Waals surface area contributed by atoms with Crippen LogP contribution in [0.3, 0.4) is 0 Å². The minimum Gasteiger partial charge on any atom is -0.496 e. The molecule has 0 spiro atoms. The van der Waals surface area contributed by atoms with E-state index < -0.39 is 12.8 Å². The number of methoxy groups -OCH3 is 1. The topological polar surface area (TPSA) is 35.5 Å². The minimum absolute atomic E-state index is 0.0807. The second-order valence-electron chi connectivity index (χ2n) is 4.48. The van der Waals surface area contributed by atoms with Gasteiger partial charge in [0.05, 0.1) is 13.7 Å². The van der Waals surface area contributed by atoms with Gasteiger partial charge in [-0.3, -0.25) is 4.79 Å². The summed E-state index contributed by atoms with van der Waals surface area (Å²) < 4.78 is 45.2. The van der Waals surface area contributed by atoms with Crippen molar-refractivity contribution in [2.75, 3.05) is 20.3 Å². The second-order valence-corrected chi connectivity index (χ2v) is 4.48. The predicted molar refractivity (Wildman–Crippen MR) is 68.3 cm³/mol. The molecular weight excluding hydrogens is 273 g/mol. The minimum atomic E-state index is -4.37. The first-order chi connectivity index (χ1) is 9.24. The Kier molecular flexibility index (Phi) is 5.56. The first-order valence-corrected chi connectivity index (χ1v) is 6.07. The van der Waals surface area contributed by atoms with Crippen molar-refractivity contribution in [2.24, 2.45) is 0 Å². The van der Waals surface area contributed by atoms with Gasteiger partial charge in [0.1, 0.15) is 12.4 Å². The molecule has 0 atom stereocenters. The number of aryl methyl sites for hydroxylation is 2. The van der Waals surface area contributed by atoms with E-state index in [9.17, 15) is 18.0 Å². The van der Waals surface area contributed by atoms with E-state index in [1.54, 1.807) is 26.0 Å². The average molecular weight is 290 g/mol. The fraction of sp³-hybridized carbons (Fsp3) is 0.500. The summed E-state index contributed by atoms with van der Waals surface area (Å²) in [6.45, 7) is 1.98. The molecule has 3 nitrogen and oxygen atoms in total. The molecule has 20 heavy (non-hydrogen) atoms. The maximum absolute atomic E-state index is 11.9. The van der Waals surface area contributed by atoms with E-state index in [1.807, 2.05) is 0 Å². The SMILES string of the molecule is COc1cc(C)c(C(=O)CCOCC(F)(F)F)cc1C. The Balaban J connectivity index is 2.62. The van der Waals surface area contributed by atoms with Crippen molar-refractivity contribution in [2.45, 2.75) is 26.4 Å². The van der Waals surface area contributed by atoms with Gasteiger partial charge in [0, 0.05) is 12.0 Å². The molecule has 0 amide bonds. The van der Waals surface area contributed by atoms with Gasteiger partial charge in [-0.05, 0) is 37.1 Å². The molecule has 1 rings (SSSR count). The smallest absolute Gasteiger partial charge is 0.411 e. The third kappa shape index (κ3) is 4.85. The van der Waals surface area contributed by atoms with Crippen molar-refractivity contribution < 1.29 is 27.4 Å². The summed E-state index contributed by atoms with van der Waals surface area (Å²) in [6.07, 6.45) is -4.45. The molecule has 0 aliphatic carbocycles. The molecule has 0 aliphatic rings. The molecule has 0 aliphatic heterocycles. The van der Waals surface area contributed by atoms with Gasteiger partial charge in [0.15, 0.2) is 5.78 Å². The van der Waals surface area contributed by atoms with Gasteiger partial charge in [-0.15, -0.1) is 0 Å². The van der Waals surface area contributed by atoms with Crippen molar-refractivity contribution in [1.29, 1.82) is 0 Å². The maximum Gasteiger partial charge on any atom is 0.411 e. The largest absolute Gasteiger partial charge is 0.496 e. The van der Waals surface area contributed by atoms with E-state index in [4.69, 9.17) is 4.74 Å². The van der Waals surface area contributed by atoms with E-state index in [2.05, 4.69) is 4.74 Å². The van der Waals surface area contributed by atoms with Gasteiger partial charge < -0.3 is 9.47 Å². The molecule has 1 aromatic rings. The standard InChI is InChI=1S/C14H17F3O3/c1-9-7-13(19-3)10(2)6-11(9)12(18)4-5-20-8-14(15,16)17/h6-7H,4-5,8H2,1-3H3. The van der Waals surface area contributed by atoms with Crippen molar-refractivity contribution >= 4 is 5.78 Å². The predicted octanol–water partition coefficient (Wildman–Crippen LogP) is 3.46. The van der Waals surface area contributed by atoms with Crippen LogP contribution in [0.25, 0.3) is 0 Å². The fourth-order valence-corrected chi connectivity index (χ4v) is 1.80. The zero-order valence-corrected chi connectivity index (χ0v) is 11.6. The molecule has 0 radical (unpaired) electrons. The first kappa shape index (κ1) is 16.5. The zero-order chi connectivity index (χ0) is 15.3. The number of hydrogen-bond acceptors (Lipinski definition) is 3. The van der Waals surface area contributed by atoms with Gasteiger partial charge in [-0.2, -0.15) is 13.2 Å². The molecule has 0 saturated heterocycles. The third-order valence-corrected chi connectivity index (χ3v) is 2.78. The maximum atomic E-state index is 11.9. The Labute approximate surface area is 115 Å². The zero-order valence-electron chi connectivity index (χ0n) is 11.6. The number of benzene rings is 1. The number of carbonyl (C=O) groups is 1. The number of halogens is 3. The second kappa shape index (κ2) is 6.74. The number of alkyl halides is 3. The number of rotatable bonds is 6. The third-order valence-electron chi connectivity index (χ3n) is 2.78. The summed E-state index contributed by atoms with van der Waals surface area (Å²) in [5.41, 5.74) is 2.02. The molecule has 6 heteroatoms. The molecule has 0 fully saturated rings. The molecule has 0 saturated carbocycles. The summed E-state index contributed by atoms with van der Waals surface area (Å²) in [4.78, 5) is 11.9. The highest BCUT2D eigenvalue weighted by Crippen LogP contribution is 2.23. The van der Waals surface area contributed by atoms with Crippen molar-refractivity contribution in [3.8, 4) is 5.75 Å². The van der Waals surface area contributed by atoms with Crippen LogP contribution in [0.4, 0.5) is 13.2 Å². The van der Waals surface area contributed by atoms with Crippen LogP contribution in [-0.2, 0) is 4.74 Å². The van der Waals surface area contributed by atoms with Gasteiger partial charge in [-0.1, -0.05) is 0 Å². The Morgan fingerprint density at radius 1 is 1.20 bits per heavy atom. The van der Waals surface area contributed by atoms with Crippen LogP contribution in [-0.4, -0.2) is 32.3 Å². The van der Waals surface area contributed by atoms with E-state index in [-0.39, 0.29) is 18.8 Å². The lowest BCUT2D eigenvalue weighted by Gasteiger charge is -2.11. The lowest BCUT2D eigenvalue weighted by Crippen LogP contribution is -2.18. The van der Waals surface area contributed by atoms with E-state index in [0.29, 0.717) is 11.3 Å². The molecular formula is C14H17F3O3. The molecule has 0 heterocycles. The summed E-state index contributed by atoms with van der Waals surface area (Å²) >= 11 is 0. The molecule has 112 valence electrons. The monoisotopic (exact) mass is 290 g/mol. The van der Waals surface area contributed by atoms with Crippen LogP contribution < -0.4 is 4.74 Å². The highest BCUT2D eigenvalue weighted by molar-refractivity contribution is 5.97. The molecule has 1 aromatic carbocycles. The summed E-state index contributed by atoms with van der Waals surface area (Å²) in [5, 5.41) is 0. The number of ether oxygens (including phenoxy) is 2. The number of hydrogen-bond donors (Lipinski definition) is 0. The van der Waals surface area contributed by atoms with Gasteiger partial charge in [0.2, 0.25) is 0 Å². The van der Waals surface area contributed by atoms with E-state index in [1.165, 1.54) is 7.11 Å². The summed E-state index contributed by atoms with van der Waals surface area (Å²) in [7, 11) is 1.54. The Bertz CT molecular complexity index is 481. The summed E-state index contributed by atoms with van der Waals surface area (Å²) in [5.74, 6) is 0.433. The van der Waals surface area contributed by atoms with Gasteiger partial charge in [0.25, 0.3) is 0 Å². The Morgan fingerprint density at radius 2 is 1.85 bits per heavy atom. The number of carbonyl (C=O) groups excluding carboxylic acids is 1. The fourth-order valence-electron chi connectivity index (χ4n) is 1.80. The van der Waals surface area contributed by atoms with Crippen molar-refractivity contribution in [3.63, 3.8) is 0 Å². The van der Waals surface area contributed by atoms with Gasteiger partial charge in [-0.25, -0.2) is 0 Å². The highest BCUT2D eigenvalue weighted by Gasteiger charge is 2.27. The first-order valence-electron chi connectivity index (χ1n) is 6.07. The van der Waals surface area contributed by atoms with Crippen LogP contribution in [0.15, 0.2) is 12.1 Å². The highest BCUT2D eigenvalue weighted by atomic mass is 19.4. The number of Topliss-reactive ketones (excluding diaryl/α,β-unsaturated/α-hetero) is 1.